The van der Waals surface area contributed by atoms with Crippen molar-refractivity contribution in [1.82, 2.24) is 4.90 Å². The topological polar surface area (TPSA) is 83.6 Å². The van der Waals surface area contributed by atoms with Gasteiger partial charge in [-0.05, 0) is 18.8 Å². The van der Waals surface area contributed by atoms with Crippen molar-refractivity contribution in [1.29, 1.82) is 0 Å². The van der Waals surface area contributed by atoms with Crippen LogP contribution < -0.4 is 5.73 Å². The maximum absolute atomic E-state index is 11.9. The van der Waals surface area contributed by atoms with E-state index in [-0.39, 0.29) is 18.4 Å². The molecule has 3 atom stereocenters. The minimum atomic E-state index is -1.03. The number of nitrogens with zero attached hydrogens (tertiary/aromatic N) is 1. The fraction of sp³-hybridized carbons (Fsp3) is 0.833. The van der Waals surface area contributed by atoms with Gasteiger partial charge in [-0.15, -0.1) is 0 Å². The molecule has 0 aromatic carbocycles. The highest BCUT2D eigenvalue weighted by Gasteiger charge is 2.28. The highest BCUT2D eigenvalue weighted by atomic mass is 16.4. The number of carboxylic acid groups (broad SMARTS) is 1. The maximum Gasteiger partial charge on any atom is 0.305 e. The zero-order chi connectivity index (χ0) is 13.0. The van der Waals surface area contributed by atoms with Gasteiger partial charge >= 0.3 is 5.97 Å². The maximum atomic E-state index is 11.9. The molecule has 17 heavy (non-hydrogen) atoms. The Hall–Kier alpha value is -1.10. The number of hydrogen-bond acceptors (Lipinski definition) is 3. The Labute approximate surface area is 102 Å². The van der Waals surface area contributed by atoms with E-state index in [9.17, 15) is 9.59 Å². The number of rotatable bonds is 4. The molecule has 1 fully saturated rings. The molecule has 0 aliphatic heterocycles. The lowest BCUT2D eigenvalue weighted by atomic mass is 9.86. The highest BCUT2D eigenvalue weighted by molar-refractivity contribution is 5.86. The van der Waals surface area contributed by atoms with E-state index in [1.807, 2.05) is 0 Å². The van der Waals surface area contributed by atoms with Crippen molar-refractivity contribution in [2.45, 2.75) is 51.1 Å². The summed E-state index contributed by atoms with van der Waals surface area (Å²) in [5, 5.41) is 8.62. The SMILES string of the molecule is CC1CCCC(N(C)C(=O)C(N)CC(=O)O)C1. The van der Waals surface area contributed by atoms with E-state index in [4.69, 9.17) is 10.8 Å². The van der Waals surface area contributed by atoms with Crippen molar-refractivity contribution in [3.05, 3.63) is 0 Å². The Morgan fingerprint density at radius 1 is 1.47 bits per heavy atom. The van der Waals surface area contributed by atoms with Crippen molar-refractivity contribution >= 4 is 11.9 Å². The summed E-state index contributed by atoms with van der Waals surface area (Å²) in [6, 6.07) is -0.708. The minimum absolute atomic E-state index is 0.214. The molecular weight excluding hydrogens is 220 g/mol. The van der Waals surface area contributed by atoms with Crippen molar-refractivity contribution < 1.29 is 14.7 Å². The van der Waals surface area contributed by atoms with E-state index in [1.54, 1.807) is 11.9 Å². The zero-order valence-corrected chi connectivity index (χ0v) is 10.6. The van der Waals surface area contributed by atoms with Crippen LogP contribution in [0.5, 0.6) is 0 Å². The van der Waals surface area contributed by atoms with Gasteiger partial charge < -0.3 is 15.7 Å². The summed E-state index contributed by atoms with van der Waals surface area (Å²) in [6.45, 7) is 2.18. The molecule has 0 saturated heterocycles. The standard InChI is InChI=1S/C12H22N2O3/c1-8-4-3-5-9(6-8)14(2)12(17)10(13)7-11(15)16/h8-10H,3-7,13H2,1-2H3,(H,15,16). The average Bonchev–Trinajstić information content (AvgIpc) is 2.26. The van der Waals surface area contributed by atoms with Crippen LogP contribution in [0.3, 0.4) is 0 Å². The van der Waals surface area contributed by atoms with Crippen LogP contribution in [-0.4, -0.2) is 41.0 Å². The van der Waals surface area contributed by atoms with Crippen LogP contribution in [0.1, 0.15) is 39.0 Å². The fourth-order valence-corrected chi connectivity index (χ4v) is 2.47. The molecule has 0 aromatic heterocycles. The van der Waals surface area contributed by atoms with E-state index < -0.39 is 12.0 Å². The summed E-state index contributed by atoms with van der Waals surface area (Å²) < 4.78 is 0. The van der Waals surface area contributed by atoms with E-state index in [2.05, 4.69) is 6.92 Å². The average molecular weight is 242 g/mol. The first-order valence-corrected chi connectivity index (χ1v) is 6.16. The van der Waals surface area contributed by atoms with Crippen molar-refractivity contribution in [2.24, 2.45) is 11.7 Å². The van der Waals surface area contributed by atoms with Crippen LogP contribution in [0.15, 0.2) is 0 Å². The number of hydrogen-bond donors (Lipinski definition) is 2. The Kier molecular flexibility index (Phi) is 4.93. The van der Waals surface area contributed by atoms with Gasteiger partial charge in [-0.1, -0.05) is 19.8 Å². The van der Waals surface area contributed by atoms with Gasteiger partial charge in [-0.2, -0.15) is 0 Å². The zero-order valence-electron chi connectivity index (χ0n) is 10.6. The molecule has 0 spiro atoms. The summed E-state index contributed by atoms with van der Waals surface area (Å²) in [5.74, 6) is -0.664. The third-order valence-electron chi connectivity index (χ3n) is 3.52. The Morgan fingerprint density at radius 2 is 2.12 bits per heavy atom. The number of nitrogens with two attached hydrogens (primary N) is 1. The van der Waals surface area contributed by atoms with Crippen LogP contribution in [0.4, 0.5) is 0 Å². The predicted molar refractivity (Wildman–Crippen MR) is 64.4 cm³/mol. The van der Waals surface area contributed by atoms with Gasteiger partial charge in [0.1, 0.15) is 0 Å². The van der Waals surface area contributed by atoms with Gasteiger partial charge in [0.2, 0.25) is 5.91 Å². The quantitative estimate of drug-likeness (QED) is 0.764. The molecule has 0 radical (unpaired) electrons. The molecule has 1 aliphatic rings. The molecule has 1 saturated carbocycles. The van der Waals surface area contributed by atoms with Gasteiger partial charge in [-0.25, -0.2) is 0 Å². The van der Waals surface area contributed by atoms with E-state index in [1.165, 1.54) is 6.42 Å². The Morgan fingerprint density at radius 3 is 2.65 bits per heavy atom. The number of amides is 1. The molecule has 5 nitrogen and oxygen atoms in total. The number of likely N-dealkylation sites (N-methyl/N-ethyl adjacent to an activating group) is 1. The van der Waals surface area contributed by atoms with Crippen molar-refractivity contribution in [2.75, 3.05) is 7.05 Å². The lowest BCUT2D eigenvalue weighted by Crippen LogP contribution is -2.48. The van der Waals surface area contributed by atoms with Gasteiger partial charge in [-0.3, -0.25) is 9.59 Å². The van der Waals surface area contributed by atoms with E-state index in [0.717, 1.165) is 19.3 Å². The molecule has 0 heterocycles. The Balaban J connectivity index is 2.53. The molecule has 1 aliphatic carbocycles. The van der Waals surface area contributed by atoms with E-state index >= 15 is 0 Å². The van der Waals surface area contributed by atoms with Gasteiger partial charge in [0.05, 0.1) is 12.5 Å². The molecule has 3 N–H and O–H groups in total. The van der Waals surface area contributed by atoms with Crippen molar-refractivity contribution in [3.8, 4) is 0 Å². The van der Waals surface area contributed by atoms with E-state index in [0.29, 0.717) is 5.92 Å². The van der Waals surface area contributed by atoms with Gasteiger partial charge in [0, 0.05) is 13.1 Å². The minimum Gasteiger partial charge on any atom is -0.481 e. The lowest BCUT2D eigenvalue weighted by molar-refractivity contribution is -0.142. The number of aliphatic carboxylic acids is 1. The number of carbonyl (C=O) groups is 2. The van der Waals surface area contributed by atoms with Crippen LogP contribution in [0.2, 0.25) is 0 Å². The first-order valence-electron chi connectivity index (χ1n) is 6.16. The lowest BCUT2D eigenvalue weighted by Gasteiger charge is -2.35. The molecule has 5 heteroatoms. The summed E-state index contributed by atoms with van der Waals surface area (Å²) in [5.41, 5.74) is 5.59. The first-order chi connectivity index (χ1) is 7.91. The summed E-state index contributed by atoms with van der Waals surface area (Å²) in [6.07, 6.45) is 4.01. The Bertz CT molecular complexity index is 293. The fourth-order valence-electron chi connectivity index (χ4n) is 2.47. The second-order valence-electron chi connectivity index (χ2n) is 5.08. The summed E-state index contributed by atoms with van der Waals surface area (Å²) in [4.78, 5) is 24.1. The smallest absolute Gasteiger partial charge is 0.305 e. The third-order valence-corrected chi connectivity index (χ3v) is 3.52. The number of carbonyl (C=O) groups excluding carboxylic acids is 1. The van der Waals surface area contributed by atoms with Gasteiger partial charge in [0.15, 0.2) is 0 Å². The first kappa shape index (κ1) is 14.0. The molecule has 3 unspecified atom stereocenters. The van der Waals surface area contributed by atoms with Crippen LogP contribution in [0.25, 0.3) is 0 Å². The van der Waals surface area contributed by atoms with Gasteiger partial charge in [0.25, 0.3) is 0 Å². The molecule has 0 bridgehead atoms. The highest BCUT2D eigenvalue weighted by Crippen LogP contribution is 2.26. The molecule has 98 valence electrons. The number of carboxylic acids is 1. The van der Waals surface area contributed by atoms with Crippen LogP contribution in [-0.2, 0) is 9.59 Å². The summed E-state index contributed by atoms with van der Waals surface area (Å²) in [7, 11) is 1.73. The molecule has 0 aromatic rings. The predicted octanol–water partition coefficient (Wildman–Crippen LogP) is 0.826. The third kappa shape index (κ3) is 4.00. The normalized spacial score (nSPS) is 26.3. The second-order valence-corrected chi connectivity index (χ2v) is 5.08. The van der Waals surface area contributed by atoms with Crippen LogP contribution in [0, 0.1) is 5.92 Å². The van der Waals surface area contributed by atoms with Crippen molar-refractivity contribution in [3.63, 3.8) is 0 Å². The van der Waals surface area contributed by atoms with Crippen LogP contribution >= 0.6 is 0 Å². The second kappa shape index (κ2) is 6.00. The molecule has 1 amide bonds. The molecular formula is C12H22N2O3. The largest absolute Gasteiger partial charge is 0.481 e. The molecule has 1 rings (SSSR count). The monoisotopic (exact) mass is 242 g/mol. The summed E-state index contributed by atoms with van der Waals surface area (Å²) >= 11 is 0.